The summed E-state index contributed by atoms with van der Waals surface area (Å²) in [4.78, 5) is 0.232. The molecule has 0 saturated heterocycles. The Morgan fingerprint density at radius 1 is 1.31 bits per heavy atom. The van der Waals surface area contributed by atoms with Crippen molar-refractivity contribution in [3.63, 3.8) is 0 Å². The number of sulfonamides is 1. The largest absolute Gasteiger partial charge is 0.373 e. The quantitative estimate of drug-likeness (QED) is 0.770. The van der Waals surface area contributed by atoms with E-state index in [1.807, 2.05) is 0 Å². The highest BCUT2D eigenvalue weighted by Crippen LogP contribution is 2.19. The van der Waals surface area contributed by atoms with E-state index in [1.54, 1.807) is 31.2 Å². The van der Waals surface area contributed by atoms with Gasteiger partial charge in [0, 0.05) is 0 Å². The Morgan fingerprint density at radius 2 is 2.00 bits per heavy atom. The molecule has 0 heterocycles. The Morgan fingerprint density at radius 3 is 2.62 bits per heavy atom. The van der Waals surface area contributed by atoms with Crippen LogP contribution in [0.5, 0.6) is 0 Å². The van der Waals surface area contributed by atoms with Crippen LogP contribution in [0.3, 0.4) is 0 Å². The lowest BCUT2D eigenvalue weighted by Gasteiger charge is -2.09. The second-order valence-corrected chi connectivity index (χ2v) is 4.84. The van der Waals surface area contributed by atoms with Crippen molar-refractivity contribution in [3.05, 3.63) is 24.3 Å². The predicted molar refractivity (Wildman–Crippen MR) is 64.6 cm³/mol. The van der Waals surface area contributed by atoms with Gasteiger partial charge in [0.2, 0.25) is 10.0 Å². The standard InChI is InChI=1S/C11H14N2O2S/c1-3-4-9-13-10-7-5-6-8-11(10)16(14,15)12-2/h5-8,12-13H,9H2,1-2H3. The molecule has 4 nitrogen and oxygen atoms in total. The van der Waals surface area contributed by atoms with E-state index < -0.39 is 10.0 Å². The number of hydrogen-bond acceptors (Lipinski definition) is 3. The Balaban J connectivity index is 3.04. The van der Waals surface area contributed by atoms with Crippen LogP contribution < -0.4 is 10.0 Å². The predicted octanol–water partition coefficient (Wildman–Crippen LogP) is 1.03. The van der Waals surface area contributed by atoms with E-state index in [2.05, 4.69) is 21.9 Å². The third-order valence-electron chi connectivity index (χ3n) is 1.99. The van der Waals surface area contributed by atoms with Gasteiger partial charge < -0.3 is 5.32 Å². The number of anilines is 1. The molecule has 0 amide bonds. The molecule has 0 atom stereocenters. The summed E-state index contributed by atoms with van der Waals surface area (Å²) in [5.41, 5.74) is 0.555. The highest BCUT2D eigenvalue weighted by molar-refractivity contribution is 7.89. The van der Waals surface area contributed by atoms with Crippen molar-refractivity contribution in [2.75, 3.05) is 18.9 Å². The van der Waals surface area contributed by atoms with Gasteiger partial charge in [0.05, 0.1) is 12.2 Å². The molecule has 0 unspecified atom stereocenters. The van der Waals surface area contributed by atoms with Crippen LogP contribution >= 0.6 is 0 Å². The van der Waals surface area contributed by atoms with Crippen molar-refractivity contribution in [2.45, 2.75) is 11.8 Å². The molecule has 1 rings (SSSR count). The highest BCUT2D eigenvalue weighted by atomic mass is 32.2. The fourth-order valence-corrected chi connectivity index (χ4v) is 2.09. The van der Waals surface area contributed by atoms with Crippen molar-refractivity contribution < 1.29 is 8.42 Å². The van der Waals surface area contributed by atoms with Gasteiger partial charge in [-0.05, 0) is 26.1 Å². The molecular weight excluding hydrogens is 224 g/mol. The van der Waals surface area contributed by atoms with Crippen molar-refractivity contribution in [3.8, 4) is 11.8 Å². The first-order valence-corrected chi connectivity index (χ1v) is 6.26. The number of nitrogens with one attached hydrogen (secondary N) is 2. The average molecular weight is 238 g/mol. The van der Waals surface area contributed by atoms with E-state index in [4.69, 9.17) is 0 Å². The third kappa shape index (κ3) is 2.99. The van der Waals surface area contributed by atoms with Crippen LogP contribution in [0.25, 0.3) is 0 Å². The maximum absolute atomic E-state index is 11.7. The Bertz CT molecular complexity index is 512. The first-order chi connectivity index (χ1) is 7.61. The molecule has 5 heteroatoms. The van der Waals surface area contributed by atoms with Gasteiger partial charge in [0.1, 0.15) is 4.90 Å². The molecule has 0 saturated carbocycles. The average Bonchev–Trinajstić information content (AvgIpc) is 2.30. The van der Waals surface area contributed by atoms with Gasteiger partial charge in [0.25, 0.3) is 0 Å². The van der Waals surface area contributed by atoms with Gasteiger partial charge in [-0.3, -0.25) is 0 Å². The van der Waals surface area contributed by atoms with E-state index in [9.17, 15) is 8.42 Å². The molecule has 0 aliphatic rings. The second-order valence-electron chi connectivity index (χ2n) is 2.98. The van der Waals surface area contributed by atoms with E-state index in [0.29, 0.717) is 12.2 Å². The summed E-state index contributed by atoms with van der Waals surface area (Å²) in [7, 11) is -2.04. The maximum Gasteiger partial charge on any atom is 0.242 e. The van der Waals surface area contributed by atoms with Crippen LogP contribution in [0.1, 0.15) is 6.92 Å². The van der Waals surface area contributed by atoms with Gasteiger partial charge in [-0.2, -0.15) is 0 Å². The first kappa shape index (κ1) is 12.6. The summed E-state index contributed by atoms with van der Waals surface area (Å²) < 4.78 is 25.6. The molecule has 0 aliphatic heterocycles. The molecule has 0 spiro atoms. The van der Waals surface area contributed by atoms with Crippen LogP contribution in [0, 0.1) is 11.8 Å². The number of hydrogen-bond donors (Lipinski definition) is 2. The van der Waals surface area contributed by atoms with Gasteiger partial charge >= 0.3 is 0 Å². The summed E-state index contributed by atoms with van der Waals surface area (Å²) in [6.45, 7) is 2.16. The van der Waals surface area contributed by atoms with Crippen LogP contribution in [-0.2, 0) is 10.0 Å². The minimum atomic E-state index is -3.43. The zero-order chi connectivity index (χ0) is 12.0. The van der Waals surface area contributed by atoms with Crippen molar-refractivity contribution >= 4 is 15.7 Å². The molecule has 0 aromatic heterocycles. The monoisotopic (exact) mass is 238 g/mol. The minimum absolute atomic E-state index is 0.232. The normalized spacial score (nSPS) is 10.4. The zero-order valence-electron chi connectivity index (χ0n) is 9.24. The molecule has 0 fully saturated rings. The Labute approximate surface area is 96.1 Å². The SMILES string of the molecule is CC#CCNc1ccccc1S(=O)(=O)NC. The molecule has 1 aromatic carbocycles. The van der Waals surface area contributed by atoms with Crippen LogP contribution in [-0.4, -0.2) is 22.0 Å². The first-order valence-electron chi connectivity index (χ1n) is 4.78. The maximum atomic E-state index is 11.7. The summed E-state index contributed by atoms with van der Waals surface area (Å²) in [6, 6.07) is 6.71. The molecule has 2 N–H and O–H groups in total. The topological polar surface area (TPSA) is 58.2 Å². The summed E-state index contributed by atoms with van der Waals surface area (Å²) in [5.74, 6) is 5.55. The van der Waals surface area contributed by atoms with Crippen LogP contribution in [0.15, 0.2) is 29.2 Å². The van der Waals surface area contributed by atoms with E-state index in [0.717, 1.165) is 0 Å². The van der Waals surface area contributed by atoms with E-state index in [-0.39, 0.29) is 4.90 Å². The number of benzene rings is 1. The fraction of sp³-hybridized carbons (Fsp3) is 0.273. The Kier molecular flexibility index (Phi) is 4.35. The summed E-state index contributed by atoms with van der Waals surface area (Å²) in [6.07, 6.45) is 0. The third-order valence-corrected chi connectivity index (χ3v) is 3.46. The Hall–Kier alpha value is -1.51. The van der Waals surface area contributed by atoms with Gasteiger partial charge in [-0.15, -0.1) is 5.92 Å². The fourth-order valence-electron chi connectivity index (χ4n) is 1.18. The lowest BCUT2D eigenvalue weighted by atomic mass is 10.3. The molecule has 1 aromatic rings. The summed E-state index contributed by atoms with van der Waals surface area (Å²) in [5, 5.41) is 2.96. The van der Waals surface area contributed by atoms with Crippen LogP contribution in [0.4, 0.5) is 5.69 Å². The highest BCUT2D eigenvalue weighted by Gasteiger charge is 2.14. The molecule has 86 valence electrons. The van der Waals surface area contributed by atoms with Gasteiger partial charge in [-0.1, -0.05) is 18.1 Å². The van der Waals surface area contributed by atoms with Gasteiger partial charge in [0.15, 0.2) is 0 Å². The van der Waals surface area contributed by atoms with Crippen molar-refractivity contribution in [1.82, 2.24) is 4.72 Å². The van der Waals surface area contributed by atoms with Gasteiger partial charge in [-0.25, -0.2) is 13.1 Å². The molecule has 0 aliphatic carbocycles. The van der Waals surface area contributed by atoms with E-state index in [1.165, 1.54) is 7.05 Å². The van der Waals surface area contributed by atoms with Crippen molar-refractivity contribution in [1.29, 1.82) is 0 Å². The zero-order valence-corrected chi connectivity index (χ0v) is 10.1. The lowest BCUT2D eigenvalue weighted by molar-refractivity contribution is 0.588. The molecule has 0 bridgehead atoms. The summed E-state index contributed by atoms with van der Waals surface area (Å²) >= 11 is 0. The molecule has 16 heavy (non-hydrogen) atoms. The smallest absolute Gasteiger partial charge is 0.242 e. The number of para-hydroxylation sites is 1. The molecule has 0 radical (unpaired) electrons. The minimum Gasteiger partial charge on any atom is -0.373 e. The van der Waals surface area contributed by atoms with Crippen molar-refractivity contribution in [2.24, 2.45) is 0 Å². The van der Waals surface area contributed by atoms with E-state index >= 15 is 0 Å². The lowest BCUT2D eigenvalue weighted by Crippen LogP contribution is -2.20. The second kappa shape index (κ2) is 5.54. The molecular formula is C11H14N2O2S. The van der Waals surface area contributed by atoms with Crippen LogP contribution in [0.2, 0.25) is 0 Å². The number of rotatable bonds is 4.